The van der Waals surface area contributed by atoms with Gasteiger partial charge in [0.1, 0.15) is 5.82 Å². The molecule has 3 rings (SSSR count). The van der Waals surface area contributed by atoms with E-state index in [4.69, 9.17) is 0 Å². The minimum absolute atomic E-state index is 0.161. The topological polar surface area (TPSA) is 55.6 Å². The van der Waals surface area contributed by atoms with Crippen molar-refractivity contribution in [2.75, 3.05) is 5.32 Å². The van der Waals surface area contributed by atoms with Gasteiger partial charge in [-0.1, -0.05) is 0 Å². The number of pyridine rings is 2. The summed E-state index contributed by atoms with van der Waals surface area (Å²) in [5, 5.41) is 7.32. The number of anilines is 1. The lowest BCUT2D eigenvalue weighted by atomic mass is 10.1. The predicted octanol–water partition coefficient (Wildman–Crippen LogP) is 3.51. The monoisotopic (exact) mass is 333 g/mol. The number of aryl methyl sites for hydroxylation is 1. The van der Waals surface area contributed by atoms with Crippen LogP contribution in [-0.2, 0) is 19.8 Å². The number of hydrogen-bond acceptors (Lipinski definition) is 4. The lowest BCUT2D eigenvalue weighted by molar-refractivity contribution is -0.137. The Morgan fingerprint density at radius 1 is 1.12 bits per heavy atom. The molecule has 1 N–H and O–H groups in total. The van der Waals surface area contributed by atoms with E-state index < -0.39 is 11.7 Å². The van der Waals surface area contributed by atoms with E-state index in [0.29, 0.717) is 6.54 Å². The van der Waals surface area contributed by atoms with Crippen molar-refractivity contribution in [1.82, 2.24) is 19.7 Å². The first kappa shape index (κ1) is 16.0. The molecule has 3 heterocycles. The van der Waals surface area contributed by atoms with Gasteiger partial charge >= 0.3 is 6.18 Å². The fourth-order valence-electron chi connectivity index (χ4n) is 2.31. The molecule has 24 heavy (non-hydrogen) atoms. The van der Waals surface area contributed by atoms with Crippen molar-refractivity contribution >= 4 is 5.82 Å². The zero-order valence-corrected chi connectivity index (χ0v) is 12.7. The van der Waals surface area contributed by atoms with Gasteiger partial charge in [-0.25, -0.2) is 4.98 Å². The maximum atomic E-state index is 12.7. The van der Waals surface area contributed by atoms with Crippen molar-refractivity contribution in [1.29, 1.82) is 0 Å². The fraction of sp³-hybridized carbons (Fsp3) is 0.188. The zero-order valence-electron chi connectivity index (χ0n) is 12.7. The molecule has 5 nitrogen and oxygen atoms in total. The van der Waals surface area contributed by atoms with Crippen LogP contribution in [0.5, 0.6) is 0 Å². The van der Waals surface area contributed by atoms with E-state index in [-0.39, 0.29) is 5.82 Å². The van der Waals surface area contributed by atoms with Gasteiger partial charge in [0.15, 0.2) is 0 Å². The van der Waals surface area contributed by atoms with Crippen LogP contribution in [-0.4, -0.2) is 19.7 Å². The van der Waals surface area contributed by atoms with Gasteiger partial charge in [0.05, 0.1) is 11.3 Å². The summed E-state index contributed by atoms with van der Waals surface area (Å²) in [5.74, 6) is 0.161. The van der Waals surface area contributed by atoms with Crippen molar-refractivity contribution < 1.29 is 13.2 Å². The number of halogens is 3. The highest BCUT2D eigenvalue weighted by atomic mass is 19.4. The van der Waals surface area contributed by atoms with Gasteiger partial charge in [0.25, 0.3) is 0 Å². The molecule has 0 atom stereocenters. The molecule has 0 aromatic carbocycles. The van der Waals surface area contributed by atoms with Crippen molar-refractivity contribution in [3.05, 3.63) is 60.2 Å². The first-order chi connectivity index (χ1) is 11.4. The molecule has 0 saturated carbocycles. The molecule has 124 valence electrons. The van der Waals surface area contributed by atoms with E-state index in [2.05, 4.69) is 20.4 Å². The van der Waals surface area contributed by atoms with Crippen molar-refractivity contribution in [3.8, 4) is 11.3 Å². The summed E-state index contributed by atoms with van der Waals surface area (Å²) in [5.41, 5.74) is 1.75. The Hall–Kier alpha value is -2.90. The molecular formula is C16H14F3N5. The Bertz CT molecular complexity index is 827. The Labute approximate surface area is 136 Å². The minimum Gasteiger partial charge on any atom is -0.366 e. The molecule has 0 spiro atoms. The second kappa shape index (κ2) is 6.31. The van der Waals surface area contributed by atoms with Crippen LogP contribution in [0.15, 0.2) is 49.1 Å². The standard InChI is InChI=1S/C16H14F3N5/c1-24-10-12(15(23-24)11-2-5-20-6-3-11)9-22-14-8-13(4-7-21-14)16(17,18)19/h2-8,10H,9H2,1H3,(H,21,22). The maximum absolute atomic E-state index is 12.7. The average molecular weight is 333 g/mol. The van der Waals surface area contributed by atoms with Crippen LogP contribution in [0.2, 0.25) is 0 Å². The first-order valence-corrected chi connectivity index (χ1v) is 7.13. The summed E-state index contributed by atoms with van der Waals surface area (Å²) in [7, 11) is 1.79. The Kier molecular flexibility index (Phi) is 4.20. The zero-order chi connectivity index (χ0) is 17.2. The third kappa shape index (κ3) is 3.53. The SMILES string of the molecule is Cn1cc(CNc2cc(C(F)(F)F)ccn2)c(-c2ccncc2)n1. The number of nitrogens with one attached hydrogen (secondary N) is 1. The van der Waals surface area contributed by atoms with Crippen LogP contribution in [0.25, 0.3) is 11.3 Å². The number of hydrogen-bond donors (Lipinski definition) is 1. The van der Waals surface area contributed by atoms with E-state index in [1.54, 1.807) is 24.1 Å². The Morgan fingerprint density at radius 2 is 1.88 bits per heavy atom. The largest absolute Gasteiger partial charge is 0.416 e. The summed E-state index contributed by atoms with van der Waals surface area (Å²) in [6, 6.07) is 5.59. The van der Waals surface area contributed by atoms with Gasteiger partial charge in [-0.3, -0.25) is 9.67 Å². The molecule has 0 aliphatic carbocycles. The van der Waals surface area contributed by atoms with Crippen molar-refractivity contribution in [2.45, 2.75) is 12.7 Å². The average Bonchev–Trinajstić information content (AvgIpc) is 2.94. The number of rotatable bonds is 4. The van der Waals surface area contributed by atoms with Crippen molar-refractivity contribution in [3.63, 3.8) is 0 Å². The van der Waals surface area contributed by atoms with Gasteiger partial charge in [-0.15, -0.1) is 0 Å². The van der Waals surface area contributed by atoms with Crippen LogP contribution in [0.4, 0.5) is 19.0 Å². The van der Waals surface area contributed by atoms with Gasteiger partial charge in [-0.2, -0.15) is 18.3 Å². The second-order valence-electron chi connectivity index (χ2n) is 5.19. The number of aromatic nitrogens is 4. The van der Waals surface area contributed by atoms with Gasteiger partial charge in [0, 0.05) is 49.5 Å². The molecule has 3 aromatic rings. The normalized spacial score (nSPS) is 11.5. The smallest absolute Gasteiger partial charge is 0.366 e. The molecular weight excluding hydrogens is 319 g/mol. The van der Waals surface area contributed by atoms with Crippen LogP contribution >= 0.6 is 0 Å². The second-order valence-corrected chi connectivity index (χ2v) is 5.19. The molecule has 0 aliphatic heterocycles. The molecule has 0 bridgehead atoms. The molecule has 0 saturated heterocycles. The number of nitrogens with zero attached hydrogens (tertiary/aromatic N) is 4. The van der Waals surface area contributed by atoms with E-state index in [9.17, 15) is 13.2 Å². The van der Waals surface area contributed by atoms with Crippen LogP contribution in [0.1, 0.15) is 11.1 Å². The summed E-state index contributed by atoms with van der Waals surface area (Å²) in [6.07, 6.45) is 1.88. The van der Waals surface area contributed by atoms with Crippen LogP contribution in [0, 0.1) is 0 Å². The highest BCUT2D eigenvalue weighted by Crippen LogP contribution is 2.30. The summed E-state index contributed by atoms with van der Waals surface area (Å²) < 4.78 is 39.9. The van der Waals surface area contributed by atoms with E-state index in [1.165, 1.54) is 0 Å². The van der Waals surface area contributed by atoms with E-state index in [0.717, 1.165) is 35.2 Å². The van der Waals surface area contributed by atoms with Gasteiger partial charge in [-0.05, 0) is 24.3 Å². The summed E-state index contributed by atoms with van der Waals surface area (Å²) >= 11 is 0. The molecule has 3 aromatic heterocycles. The van der Waals surface area contributed by atoms with Gasteiger partial charge in [0.2, 0.25) is 0 Å². The molecule has 0 radical (unpaired) electrons. The lowest BCUT2D eigenvalue weighted by Gasteiger charge is -2.09. The third-order valence-electron chi connectivity index (χ3n) is 3.41. The third-order valence-corrected chi connectivity index (χ3v) is 3.41. The van der Waals surface area contributed by atoms with E-state index >= 15 is 0 Å². The molecule has 0 unspecified atom stereocenters. The maximum Gasteiger partial charge on any atom is 0.416 e. The van der Waals surface area contributed by atoms with Crippen molar-refractivity contribution in [2.24, 2.45) is 7.05 Å². The lowest BCUT2D eigenvalue weighted by Crippen LogP contribution is -2.07. The highest BCUT2D eigenvalue weighted by molar-refractivity contribution is 5.62. The van der Waals surface area contributed by atoms with Crippen LogP contribution in [0.3, 0.4) is 0 Å². The molecule has 8 heteroatoms. The summed E-state index contributed by atoms with van der Waals surface area (Å²) in [6.45, 7) is 0.305. The Balaban J connectivity index is 1.81. The molecule has 0 aliphatic rings. The highest BCUT2D eigenvalue weighted by Gasteiger charge is 2.30. The first-order valence-electron chi connectivity index (χ1n) is 7.13. The van der Waals surface area contributed by atoms with Gasteiger partial charge < -0.3 is 5.32 Å². The molecule has 0 amide bonds. The molecule has 0 fully saturated rings. The minimum atomic E-state index is -4.39. The quantitative estimate of drug-likeness (QED) is 0.794. The predicted molar refractivity (Wildman–Crippen MR) is 83.0 cm³/mol. The Morgan fingerprint density at radius 3 is 2.58 bits per heavy atom. The van der Waals surface area contributed by atoms with Crippen LogP contribution < -0.4 is 5.32 Å². The summed E-state index contributed by atoms with van der Waals surface area (Å²) in [4.78, 5) is 7.90. The number of alkyl halides is 3. The fourth-order valence-corrected chi connectivity index (χ4v) is 2.31. The van der Waals surface area contributed by atoms with E-state index in [1.807, 2.05) is 18.3 Å².